The third-order valence-corrected chi connectivity index (χ3v) is 4.16. The Morgan fingerprint density at radius 2 is 1.25 bits per heavy atom. The SMILES string of the molecule is CCC(CC)CN(CC(CC)CC)S(=O)[O-]. The Balaban J connectivity index is 4.31. The molecular weight excluding hydrogens is 222 g/mol. The fourth-order valence-corrected chi connectivity index (χ4v) is 2.53. The summed E-state index contributed by atoms with van der Waals surface area (Å²) in [7, 11) is 0. The Bertz CT molecular complexity index is 177. The van der Waals surface area contributed by atoms with Gasteiger partial charge in [0.15, 0.2) is 0 Å². The van der Waals surface area contributed by atoms with E-state index in [-0.39, 0.29) is 0 Å². The van der Waals surface area contributed by atoms with Gasteiger partial charge in [0.1, 0.15) is 0 Å². The van der Waals surface area contributed by atoms with Crippen LogP contribution in [0.15, 0.2) is 0 Å². The maximum absolute atomic E-state index is 11.2. The first kappa shape index (κ1) is 16.1. The van der Waals surface area contributed by atoms with Crippen LogP contribution in [0.4, 0.5) is 0 Å². The van der Waals surface area contributed by atoms with E-state index < -0.39 is 11.3 Å². The summed E-state index contributed by atoms with van der Waals surface area (Å²) in [6.07, 6.45) is 4.19. The van der Waals surface area contributed by atoms with Gasteiger partial charge < -0.3 is 4.55 Å². The fourth-order valence-electron chi connectivity index (χ4n) is 1.87. The van der Waals surface area contributed by atoms with Crippen LogP contribution in [-0.2, 0) is 11.3 Å². The Morgan fingerprint density at radius 3 is 1.44 bits per heavy atom. The fraction of sp³-hybridized carbons (Fsp3) is 1.00. The molecule has 0 aliphatic carbocycles. The van der Waals surface area contributed by atoms with Crippen molar-refractivity contribution in [2.75, 3.05) is 13.1 Å². The summed E-state index contributed by atoms with van der Waals surface area (Å²) in [5, 5.41) is 0. The molecule has 0 saturated heterocycles. The van der Waals surface area contributed by atoms with E-state index in [1.54, 1.807) is 4.31 Å². The maximum atomic E-state index is 11.2. The van der Waals surface area contributed by atoms with Gasteiger partial charge in [0.05, 0.1) is 0 Å². The molecule has 4 heteroatoms. The molecule has 0 aromatic carbocycles. The quantitative estimate of drug-likeness (QED) is 0.589. The van der Waals surface area contributed by atoms with Crippen LogP contribution in [0.1, 0.15) is 53.4 Å². The predicted octanol–water partition coefficient (Wildman–Crippen LogP) is 2.95. The molecule has 0 fully saturated rings. The molecule has 3 nitrogen and oxygen atoms in total. The molecule has 1 atom stereocenters. The van der Waals surface area contributed by atoms with Crippen LogP contribution in [-0.4, -0.2) is 26.2 Å². The van der Waals surface area contributed by atoms with Gasteiger partial charge in [0.2, 0.25) is 0 Å². The lowest BCUT2D eigenvalue weighted by Gasteiger charge is -2.30. The van der Waals surface area contributed by atoms with Crippen molar-refractivity contribution in [1.82, 2.24) is 4.31 Å². The minimum absolute atomic E-state index is 0.493. The number of rotatable bonds is 9. The molecule has 0 rings (SSSR count). The van der Waals surface area contributed by atoms with Gasteiger partial charge in [0.25, 0.3) is 0 Å². The van der Waals surface area contributed by atoms with Crippen molar-refractivity contribution in [2.24, 2.45) is 11.8 Å². The van der Waals surface area contributed by atoms with Crippen molar-refractivity contribution >= 4 is 11.3 Å². The standard InChI is InChI=1S/C12H27NO2S/c1-5-11(6-2)9-13(16(14)15)10-12(7-3)8-4/h11-12H,5-10H2,1-4H3,(H,14,15)/p-1. The van der Waals surface area contributed by atoms with Gasteiger partial charge in [-0.05, 0) is 11.8 Å². The molecule has 0 aromatic heterocycles. The molecule has 0 aliphatic heterocycles. The zero-order valence-corrected chi connectivity index (χ0v) is 11.9. The highest BCUT2D eigenvalue weighted by molar-refractivity contribution is 7.76. The molecule has 0 aliphatic rings. The highest BCUT2D eigenvalue weighted by atomic mass is 32.2. The van der Waals surface area contributed by atoms with E-state index in [0.29, 0.717) is 24.9 Å². The molecule has 0 heterocycles. The van der Waals surface area contributed by atoms with E-state index in [2.05, 4.69) is 27.7 Å². The van der Waals surface area contributed by atoms with Crippen LogP contribution in [0.3, 0.4) is 0 Å². The normalized spacial score (nSPS) is 14.0. The second kappa shape index (κ2) is 9.14. The summed E-state index contributed by atoms with van der Waals surface area (Å²) >= 11 is -2.07. The molecule has 98 valence electrons. The number of nitrogens with zero attached hydrogens (tertiary/aromatic N) is 1. The van der Waals surface area contributed by atoms with Crippen molar-refractivity contribution in [2.45, 2.75) is 53.4 Å². The van der Waals surface area contributed by atoms with Gasteiger partial charge in [0, 0.05) is 24.4 Å². The number of hydrogen-bond acceptors (Lipinski definition) is 2. The van der Waals surface area contributed by atoms with Crippen LogP contribution in [0.2, 0.25) is 0 Å². The molecule has 0 saturated carbocycles. The lowest BCUT2D eigenvalue weighted by molar-refractivity contribution is 0.275. The summed E-state index contributed by atoms with van der Waals surface area (Å²) in [6, 6.07) is 0. The lowest BCUT2D eigenvalue weighted by atomic mass is 10.0. The molecule has 0 radical (unpaired) electrons. The lowest BCUT2D eigenvalue weighted by Crippen LogP contribution is -2.35. The van der Waals surface area contributed by atoms with Crippen molar-refractivity contribution in [3.05, 3.63) is 0 Å². The first-order chi connectivity index (χ1) is 7.58. The highest BCUT2D eigenvalue weighted by Crippen LogP contribution is 2.15. The van der Waals surface area contributed by atoms with Crippen LogP contribution in [0.5, 0.6) is 0 Å². The smallest absolute Gasteiger partial charge is 0.0209 e. The summed E-state index contributed by atoms with van der Waals surface area (Å²) in [5.74, 6) is 0.986. The molecule has 0 aromatic rings. The zero-order valence-electron chi connectivity index (χ0n) is 11.1. The minimum atomic E-state index is -2.07. The van der Waals surface area contributed by atoms with Crippen LogP contribution < -0.4 is 0 Å². The van der Waals surface area contributed by atoms with Crippen LogP contribution >= 0.6 is 0 Å². The summed E-state index contributed by atoms with van der Waals surface area (Å²) in [4.78, 5) is 0. The topological polar surface area (TPSA) is 43.4 Å². The molecular formula is C12H26NO2S-. The second-order valence-electron chi connectivity index (χ2n) is 4.43. The van der Waals surface area contributed by atoms with Gasteiger partial charge in [-0.3, -0.25) is 4.21 Å². The maximum Gasteiger partial charge on any atom is 0.0209 e. The average molecular weight is 248 g/mol. The average Bonchev–Trinajstić information content (AvgIpc) is 2.29. The Morgan fingerprint density at radius 1 is 0.938 bits per heavy atom. The van der Waals surface area contributed by atoms with E-state index in [1.165, 1.54) is 0 Å². The monoisotopic (exact) mass is 248 g/mol. The van der Waals surface area contributed by atoms with Crippen LogP contribution in [0.25, 0.3) is 0 Å². The molecule has 0 N–H and O–H groups in total. The van der Waals surface area contributed by atoms with E-state index in [9.17, 15) is 8.76 Å². The summed E-state index contributed by atoms with van der Waals surface area (Å²) in [6.45, 7) is 9.85. The molecule has 0 bridgehead atoms. The minimum Gasteiger partial charge on any atom is -0.760 e. The third kappa shape index (κ3) is 5.97. The Kier molecular flexibility index (Phi) is 9.18. The largest absolute Gasteiger partial charge is 0.760 e. The summed E-state index contributed by atoms with van der Waals surface area (Å²) in [5.41, 5.74) is 0. The van der Waals surface area contributed by atoms with Crippen molar-refractivity contribution < 1.29 is 8.76 Å². The highest BCUT2D eigenvalue weighted by Gasteiger charge is 2.15. The van der Waals surface area contributed by atoms with Crippen molar-refractivity contribution in [1.29, 1.82) is 0 Å². The van der Waals surface area contributed by atoms with Gasteiger partial charge in [-0.2, -0.15) is 0 Å². The molecule has 0 amide bonds. The van der Waals surface area contributed by atoms with E-state index >= 15 is 0 Å². The van der Waals surface area contributed by atoms with E-state index in [0.717, 1.165) is 25.7 Å². The Hall–Kier alpha value is 0.0700. The van der Waals surface area contributed by atoms with Crippen molar-refractivity contribution in [3.8, 4) is 0 Å². The second-order valence-corrected chi connectivity index (χ2v) is 5.38. The van der Waals surface area contributed by atoms with Gasteiger partial charge in [-0.1, -0.05) is 53.4 Å². The van der Waals surface area contributed by atoms with E-state index in [1.807, 2.05) is 0 Å². The zero-order chi connectivity index (χ0) is 12.6. The predicted molar refractivity (Wildman–Crippen MR) is 68.6 cm³/mol. The van der Waals surface area contributed by atoms with Crippen LogP contribution in [0, 0.1) is 11.8 Å². The van der Waals surface area contributed by atoms with Gasteiger partial charge in [-0.25, -0.2) is 4.31 Å². The van der Waals surface area contributed by atoms with E-state index in [4.69, 9.17) is 0 Å². The molecule has 0 spiro atoms. The molecule has 1 unspecified atom stereocenters. The molecule has 16 heavy (non-hydrogen) atoms. The third-order valence-electron chi connectivity index (χ3n) is 3.44. The first-order valence-electron chi connectivity index (χ1n) is 6.43. The van der Waals surface area contributed by atoms with Gasteiger partial charge >= 0.3 is 0 Å². The number of hydrogen-bond donors (Lipinski definition) is 0. The summed E-state index contributed by atoms with van der Waals surface area (Å²) < 4.78 is 23.9. The van der Waals surface area contributed by atoms with Gasteiger partial charge in [-0.15, -0.1) is 0 Å². The van der Waals surface area contributed by atoms with Crippen molar-refractivity contribution in [3.63, 3.8) is 0 Å². The first-order valence-corrected chi connectivity index (χ1v) is 7.46. The Labute approximate surface area is 103 Å².